The molecule has 6 nitrogen and oxygen atoms in total. The van der Waals surface area contributed by atoms with Gasteiger partial charge in [-0.15, -0.1) is 0 Å². The molecule has 0 N–H and O–H groups in total. The van der Waals surface area contributed by atoms with Crippen molar-refractivity contribution in [1.82, 2.24) is 0 Å². The molecular formula is C28H56O6. The summed E-state index contributed by atoms with van der Waals surface area (Å²) in [6.45, 7) is 12.0. The van der Waals surface area contributed by atoms with Gasteiger partial charge in [0, 0.05) is 13.2 Å². The Hall–Kier alpha value is -0.690. The first-order valence-electron chi connectivity index (χ1n) is 14.2. The van der Waals surface area contributed by atoms with Crippen molar-refractivity contribution in [2.45, 2.75) is 111 Å². The SMILES string of the molecule is CCCCCCCCOC(=O)C(CCCC)CCOCCOCCOCCOCCCCCC. The largest absolute Gasteiger partial charge is 0.465 e. The van der Waals surface area contributed by atoms with Crippen molar-refractivity contribution in [3.8, 4) is 0 Å². The number of hydrogen-bond donors (Lipinski definition) is 0. The number of hydrogen-bond acceptors (Lipinski definition) is 6. The second-order valence-corrected chi connectivity index (χ2v) is 9.07. The Morgan fingerprint density at radius 1 is 0.471 bits per heavy atom. The summed E-state index contributed by atoms with van der Waals surface area (Å²) in [6, 6.07) is 0. The molecule has 1 unspecified atom stereocenters. The molecule has 0 aromatic rings. The average Bonchev–Trinajstić information content (AvgIpc) is 2.84. The van der Waals surface area contributed by atoms with Crippen LogP contribution in [-0.2, 0) is 28.5 Å². The summed E-state index contributed by atoms with van der Waals surface area (Å²) in [7, 11) is 0. The topological polar surface area (TPSA) is 63.2 Å². The van der Waals surface area contributed by atoms with Crippen LogP contribution in [0.5, 0.6) is 0 Å². The van der Waals surface area contributed by atoms with Crippen LogP contribution in [0, 0.1) is 5.92 Å². The maximum Gasteiger partial charge on any atom is 0.309 e. The van der Waals surface area contributed by atoms with Crippen molar-refractivity contribution in [1.29, 1.82) is 0 Å². The summed E-state index contributed by atoms with van der Waals surface area (Å²) < 4.78 is 27.8. The highest BCUT2D eigenvalue weighted by molar-refractivity contribution is 5.72. The van der Waals surface area contributed by atoms with Gasteiger partial charge in [0.15, 0.2) is 0 Å². The standard InChI is InChI=1S/C28H56O6/c1-4-7-10-12-13-15-19-34-28(29)27(16-9-6-3)17-20-31-22-24-33-26-25-32-23-21-30-18-14-11-8-5-2/h27H,4-26H2,1-3H3. The molecule has 204 valence electrons. The number of rotatable bonds is 28. The fourth-order valence-electron chi connectivity index (χ4n) is 3.62. The zero-order valence-corrected chi connectivity index (χ0v) is 22.8. The molecule has 34 heavy (non-hydrogen) atoms. The van der Waals surface area contributed by atoms with Gasteiger partial charge in [0.05, 0.1) is 52.2 Å². The van der Waals surface area contributed by atoms with E-state index in [9.17, 15) is 4.79 Å². The van der Waals surface area contributed by atoms with Gasteiger partial charge in [0.2, 0.25) is 0 Å². The number of ether oxygens (including phenoxy) is 5. The van der Waals surface area contributed by atoms with Gasteiger partial charge < -0.3 is 23.7 Å². The molecule has 0 amide bonds. The van der Waals surface area contributed by atoms with Crippen molar-refractivity contribution >= 4 is 5.97 Å². The smallest absolute Gasteiger partial charge is 0.309 e. The minimum absolute atomic E-state index is 0.0519. The predicted molar refractivity (Wildman–Crippen MR) is 139 cm³/mol. The minimum Gasteiger partial charge on any atom is -0.465 e. The van der Waals surface area contributed by atoms with Gasteiger partial charge in [0.1, 0.15) is 0 Å². The zero-order chi connectivity index (χ0) is 25.0. The van der Waals surface area contributed by atoms with Crippen LogP contribution < -0.4 is 0 Å². The van der Waals surface area contributed by atoms with E-state index in [0.717, 1.165) is 51.6 Å². The first kappa shape index (κ1) is 33.3. The van der Waals surface area contributed by atoms with Gasteiger partial charge in [-0.3, -0.25) is 4.79 Å². The summed E-state index contributed by atoms with van der Waals surface area (Å²) in [4.78, 5) is 12.5. The number of carbonyl (C=O) groups is 1. The van der Waals surface area contributed by atoms with Crippen molar-refractivity contribution in [3.63, 3.8) is 0 Å². The molecule has 1 atom stereocenters. The van der Waals surface area contributed by atoms with Crippen LogP contribution >= 0.6 is 0 Å². The molecule has 0 fully saturated rings. The normalized spacial score (nSPS) is 12.2. The molecule has 0 saturated heterocycles. The number of unbranched alkanes of at least 4 members (excludes halogenated alkanes) is 9. The summed E-state index contributed by atoms with van der Waals surface area (Å²) in [5.41, 5.74) is 0. The molecule has 0 aliphatic rings. The van der Waals surface area contributed by atoms with Crippen molar-refractivity contribution in [2.75, 3.05) is 59.5 Å². The minimum atomic E-state index is -0.0526. The molecule has 0 aliphatic heterocycles. The molecule has 0 saturated carbocycles. The fourth-order valence-corrected chi connectivity index (χ4v) is 3.62. The lowest BCUT2D eigenvalue weighted by Gasteiger charge is -2.16. The Morgan fingerprint density at radius 2 is 0.912 bits per heavy atom. The number of carbonyl (C=O) groups excluding carboxylic acids is 1. The molecular weight excluding hydrogens is 432 g/mol. The van der Waals surface area contributed by atoms with E-state index in [1.54, 1.807) is 0 Å². The van der Waals surface area contributed by atoms with E-state index in [-0.39, 0.29) is 11.9 Å². The van der Waals surface area contributed by atoms with Crippen LogP contribution in [0.3, 0.4) is 0 Å². The van der Waals surface area contributed by atoms with Crippen molar-refractivity contribution < 1.29 is 28.5 Å². The van der Waals surface area contributed by atoms with E-state index < -0.39 is 0 Å². The first-order valence-corrected chi connectivity index (χ1v) is 14.2. The number of esters is 1. The van der Waals surface area contributed by atoms with Gasteiger partial charge in [-0.25, -0.2) is 0 Å². The Kier molecular flexibility index (Phi) is 28.0. The lowest BCUT2D eigenvalue weighted by atomic mass is 9.99. The van der Waals surface area contributed by atoms with Crippen LogP contribution in [0.15, 0.2) is 0 Å². The molecule has 0 spiro atoms. The maximum absolute atomic E-state index is 12.5. The van der Waals surface area contributed by atoms with Gasteiger partial charge >= 0.3 is 5.97 Å². The molecule has 0 heterocycles. The monoisotopic (exact) mass is 488 g/mol. The quantitative estimate of drug-likeness (QED) is 0.0898. The summed E-state index contributed by atoms with van der Waals surface area (Å²) in [5.74, 6) is -0.104. The van der Waals surface area contributed by atoms with Crippen molar-refractivity contribution in [2.24, 2.45) is 5.92 Å². The van der Waals surface area contributed by atoms with Gasteiger partial charge in [-0.05, 0) is 25.7 Å². The highest BCUT2D eigenvalue weighted by Crippen LogP contribution is 2.16. The molecule has 0 bridgehead atoms. The highest BCUT2D eigenvalue weighted by atomic mass is 16.6. The summed E-state index contributed by atoms with van der Waals surface area (Å²) in [6.07, 6.45) is 15.8. The third-order valence-electron chi connectivity index (χ3n) is 5.85. The third kappa shape index (κ3) is 24.4. The van der Waals surface area contributed by atoms with E-state index in [1.807, 2.05) is 0 Å². The van der Waals surface area contributed by atoms with Crippen LogP contribution in [0.2, 0.25) is 0 Å². The summed E-state index contributed by atoms with van der Waals surface area (Å²) in [5, 5.41) is 0. The Labute approximate surface area is 210 Å². The third-order valence-corrected chi connectivity index (χ3v) is 5.85. The van der Waals surface area contributed by atoms with Crippen LogP contribution in [0.4, 0.5) is 0 Å². The fraction of sp³-hybridized carbons (Fsp3) is 0.964. The van der Waals surface area contributed by atoms with E-state index in [2.05, 4.69) is 20.8 Å². The van der Waals surface area contributed by atoms with E-state index in [1.165, 1.54) is 44.9 Å². The molecule has 0 aromatic heterocycles. The highest BCUT2D eigenvalue weighted by Gasteiger charge is 2.19. The summed E-state index contributed by atoms with van der Waals surface area (Å²) >= 11 is 0. The Bertz CT molecular complexity index is 404. The van der Waals surface area contributed by atoms with Crippen molar-refractivity contribution in [3.05, 3.63) is 0 Å². The van der Waals surface area contributed by atoms with Gasteiger partial charge in [0.25, 0.3) is 0 Å². The molecule has 0 radical (unpaired) electrons. The van der Waals surface area contributed by atoms with Crippen LogP contribution in [0.25, 0.3) is 0 Å². The molecule has 0 rings (SSSR count). The van der Waals surface area contributed by atoms with Gasteiger partial charge in [-0.2, -0.15) is 0 Å². The lowest BCUT2D eigenvalue weighted by Crippen LogP contribution is -2.21. The molecule has 0 aliphatic carbocycles. The van der Waals surface area contributed by atoms with E-state index >= 15 is 0 Å². The Morgan fingerprint density at radius 3 is 1.50 bits per heavy atom. The predicted octanol–water partition coefficient (Wildman–Crippen LogP) is 6.73. The second-order valence-electron chi connectivity index (χ2n) is 9.07. The van der Waals surface area contributed by atoms with E-state index in [4.69, 9.17) is 23.7 Å². The second kappa shape index (κ2) is 28.5. The van der Waals surface area contributed by atoms with Gasteiger partial charge in [-0.1, -0.05) is 85.0 Å². The molecule has 0 aromatic carbocycles. The van der Waals surface area contributed by atoms with Crippen LogP contribution in [-0.4, -0.2) is 65.4 Å². The molecule has 6 heteroatoms. The average molecular weight is 489 g/mol. The Balaban J connectivity index is 3.59. The van der Waals surface area contributed by atoms with E-state index in [0.29, 0.717) is 52.9 Å². The zero-order valence-electron chi connectivity index (χ0n) is 22.8. The first-order chi connectivity index (χ1) is 16.8. The lowest BCUT2D eigenvalue weighted by molar-refractivity contribution is -0.149. The maximum atomic E-state index is 12.5. The van der Waals surface area contributed by atoms with Crippen LogP contribution in [0.1, 0.15) is 111 Å².